The van der Waals surface area contributed by atoms with Crippen LogP contribution in [0.1, 0.15) is 53.6 Å². The lowest BCUT2D eigenvalue weighted by atomic mass is 9.82. The van der Waals surface area contributed by atoms with Crippen LogP contribution < -0.4 is 0 Å². The van der Waals surface area contributed by atoms with E-state index >= 15 is 0 Å². The molecule has 1 aromatic rings. The third-order valence-electron chi connectivity index (χ3n) is 3.88. The maximum atomic E-state index is 12.8. The Morgan fingerprint density at radius 1 is 1.16 bits per heavy atom. The molecule has 0 radical (unpaired) electrons. The zero-order valence-electron chi connectivity index (χ0n) is 10.9. The van der Waals surface area contributed by atoms with E-state index in [1.165, 1.54) is 19.1 Å². The SMILES string of the molecule is Cc1c(C(=O)C2CCCCC2)cccc1C(F)(F)F. The van der Waals surface area contributed by atoms with E-state index < -0.39 is 11.7 Å². The number of alkyl halides is 3. The molecule has 0 saturated heterocycles. The highest BCUT2D eigenvalue weighted by Crippen LogP contribution is 2.35. The molecule has 104 valence electrons. The average Bonchev–Trinajstić information content (AvgIpc) is 2.38. The first kappa shape index (κ1) is 14.1. The van der Waals surface area contributed by atoms with Gasteiger partial charge in [0.2, 0.25) is 0 Å². The topological polar surface area (TPSA) is 17.1 Å². The van der Waals surface area contributed by atoms with E-state index in [9.17, 15) is 18.0 Å². The van der Waals surface area contributed by atoms with Crippen molar-refractivity contribution in [2.45, 2.75) is 45.2 Å². The highest BCUT2D eigenvalue weighted by atomic mass is 19.4. The van der Waals surface area contributed by atoms with E-state index in [0.29, 0.717) is 0 Å². The summed E-state index contributed by atoms with van der Waals surface area (Å²) >= 11 is 0. The summed E-state index contributed by atoms with van der Waals surface area (Å²) in [7, 11) is 0. The highest BCUT2D eigenvalue weighted by molar-refractivity contribution is 5.99. The summed E-state index contributed by atoms with van der Waals surface area (Å²) in [6.45, 7) is 1.39. The van der Waals surface area contributed by atoms with Crippen molar-refractivity contribution in [2.75, 3.05) is 0 Å². The van der Waals surface area contributed by atoms with Crippen molar-refractivity contribution in [1.29, 1.82) is 0 Å². The number of ketones is 1. The minimum atomic E-state index is -4.40. The number of halogens is 3. The highest BCUT2D eigenvalue weighted by Gasteiger charge is 2.34. The summed E-state index contributed by atoms with van der Waals surface area (Å²) in [4.78, 5) is 12.3. The van der Waals surface area contributed by atoms with Crippen LogP contribution in [0, 0.1) is 12.8 Å². The van der Waals surface area contributed by atoms with E-state index in [4.69, 9.17) is 0 Å². The van der Waals surface area contributed by atoms with Gasteiger partial charge in [0.25, 0.3) is 0 Å². The summed E-state index contributed by atoms with van der Waals surface area (Å²) in [6, 6.07) is 3.88. The molecule has 1 aromatic carbocycles. The van der Waals surface area contributed by atoms with Gasteiger partial charge in [-0.3, -0.25) is 4.79 Å². The molecule has 1 aliphatic rings. The Morgan fingerprint density at radius 3 is 2.37 bits per heavy atom. The molecular formula is C15H17F3O. The Balaban J connectivity index is 2.32. The molecule has 0 aliphatic heterocycles. The van der Waals surface area contributed by atoms with Gasteiger partial charge in [-0.2, -0.15) is 13.2 Å². The third-order valence-corrected chi connectivity index (χ3v) is 3.88. The van der Waals surface area contributed by atoms with Gasteiger partial charge in [0.1, 0.15) is 0 Å². The summed E-state index contributed by atoms with van der Waals surface area (Å²) in [5.41, 5.74) is -0.401. The van der Waals surface area contributed by atoms with Crippen LogP contribution >= 0.6 is 0 Å². The number of rotatable bonds is 2. The molecule has 19 heavy (non-hydrogen) atoms. The number of carbonyl (C=O) groups is 1. The standard InChI is InChI=1S/C15H17F3O/c1-10-12(8-5-9-13(10)15(16,17)18)14(19)11-6-3-2-4-7-11/h5,8-9,11H,2-4,6-7H2,1H3. The van der Waals surface area contributed by atoms with Crippen molar-refractivity contribution in [3.63, 3.8) is 0 Å². The Labute approximate surface area is 110 Å². The number of hydrogen-bond acceptors (Lipinski definition) is 1. The van der Waals surface area contributed by atoms with Crippen molar-refractivity contribution in [3.8, 4) is 0 Å². The maximum absolute atomic E-state index is 12.8. The monoisotopic (exact) mass is 270 g/mol. The van der Waals surface area contributed by atoms with E-state index in [2.05, 4.69) is 0 Å². The van der Waals surface area contributed by atoms with Gasteiger partial charge in [-0.15, -0.1) is 0 Å². The zero-order chi connectivity index (χ0) is 14.0. The van der Waals surface area contributed by atoms with Gasteiger partial charge in [-0.1, -0.05) is 31.4 Å². The lowest BCUT2D eigenvalue weighted by molar-refractivity contribution is -0.138. The molecule has 4 heteroatoms. The van der Waals surface area contributed by atoms with Crippen LogP contribution in [-0.4, -0.2) is 5.78 Å². The largest absolute Gasteiger partial charge is 0.416 e. The number of hydrogen-bond donors (Lipinski definition) is 0. The molecular weight excluding hydrogens is 253 g/mol. The van der Waals surface area contributed by atoms with Gasteiger partial charge in [-0.25, -0.2) is 0 Å². The van der Waals surface area contributed by atoms with Crippen molar-refractivity contribution >= 4 is 5.78 Å². The molecule has 1 aliphatic carbocycles. The minimum Gasteiger partial charge on any atom is -0.294 e. The first-order valence-electron chi connectivity index (χ1n) is 6.62. The van der Waals surface area contributed by atoms with Crippen LogP contribution in [0.25, 0.3) is 0 Å². The van der Waals surface area contributed by atoms with E-state index in [0.717, 1.165) is 38.2 Å². The Bertz CT molecular complexity index is 471. The Hall–Kier alpha value is -1.32. The van der Waals surface area contributed by atoms with Crippen LogP contribution in [0.15, 0.2) is 18.2 Å². The number of benzene rings is 1. The van der Waals surface area contributed by atoms with E-state index in [1.54, 1.807) is 0 Å². The van der Waals surface area contributed by atoms with Crippen LogP contribution in [0.4, 0.5) is 13.2 Å². The lowest BCUT2D eigenvalue weighted by Gasteiger charge is -2.22. The number of carbonyl (C=O) groups excluding carboxylic acids is 1. The van der Waals surface area contributed by atoms with Crippen LogP contribution in [0.2, 0.25) is 0 Å². The molecule has 1 nitrogen and oxygen atoms in total. The second kappa shape index (κ2) is 5.35. The first-order chi connectivity index (χ1) is 8.91. The van der Waals surface area contributed by atoms with Crippen molar-refractivity contribution < 1.29 is 18.0 Å². The predicted molar refractivity (Wildman–Crippen MR) is 67.1 cm³/mol. The molecule has 2 rings (SSSR count). The quantitative estimate of drug-likeness (QED) is 0.707. The summed E-state index contributed by atoms with van der Waals surface area (Å²) < 4.78 is 38.5. The molecule has 0 heterocycles. The first-order valence-corrected chi connectivity index (χ1v) is 6.62. The summed E-state index contributed by atoms with van der Waals surface area (Å²) in [5, 5.41) is 0. The molecule has 1 saturated carbocycles. The van der Waals surface area contributed by atoms with Crippen molar-refractivity contribution in [1.82, 2.24) is 0 Å². The molecule has 0 N–H and O–H groups in total. The normalized spacial score (nSPS) is 17.5. The lowest BCUT2D eigenvalue weighted by Crippen LogP contribution is -2.20. The van der Waals surface area contributed by atoms with Gasteiger partial charge in [0.15, 0.2) is 5.78 Å². The second-order valence-electron chi connectivity index (χ2n) is 5.18. The zero-order valence-corrected chi connectivity index (χ0v) is 10.9. The van der Waals surface area contributed by atoms with Gasteiger partial charge < -0.3 is 0 Å². The fraction of sp³-hybridized carbons (Fsp3) is 0.533. The minimum absolute atomic E-state index is 0.0607. The summed E-state index contributed by atoms with van der Waals surface area (Å²) in [5.74, 6) is -0.223. The molecule has 0 bridgehead atoms. The molecule has 1 fully saturated rings. The van der Waals surface area contributed by atoms with Crippen LogP contribution in [0.5, 0.6) is 0 Å². The second-order valence-corrected chi connectivity index (χ2v) is 5.18. The van der Waals surface area contributed by atoms with Gasteiger partial charge in [0, 0.05) is 11.5 Å². The molecule has 0 amide bonds. The molecule has 0 spiro atoms. The fourth-order valence-corrected chi connectivity index (χ4v) is 2.79. The van der Waals surface area contributed by atoms with Gasteiger partial charge in [-0.05, 0) is 31.4 Å². The molecule has 0 atom stereocenters. The van der Waals surface area contributed by atoms with Gasteiger partial charge >= 0.3 is 6.18 Å². The Kier molecular flexibility index (Phi) is 3.97. The summed E-state index contributed by atoms with van der Waals surface area (Å²) in [6.07, 6.45) is 0.310. The van der Waals surface area contributed by atoms with Crippen molar-refractivity contribution in [3.05, 3.63) is 34.9 Å². The average molecular weight is 270 g/mol. The van der Waals surface area contributed by atoms with Crippen LogP contribution in [0.3, 0.4) is 0 Å². The smallest absolute Gasteiger partial charge is 0.294 e. The fourth-order valence-electron chi connectivity index (χ4n) is 2.79. The van der Waals surface area contributed by atoms with Crippen molar-refractivity contribution in [2.24, 2.45) is 5.92 Å². The van der Waals surface area contributed by atoms with Gasteiger partial charge in [0.05, 0.1) is 5.56 Å². The molecule has 0 unspecified atom stereocenters. The number of Topliss-reactive ketones (excluding diaryl/α,β-unsaturated/α-hetero) is 1. The van der Waals surface area contributed by atoms with E-state index in [-0.39, 0.29) is 22.8 Å². The van der Waals surface area contributed by atoms with Crippen LogP contribution in [-0.2, 0) is 6.18 Å². The third kappa shape index (κ3) is 2.99. The van der Waals surface area contributed by atoms with E-state index in [1.807, 2.05) is 0 Å². The Morgan fingerprint density at radius 2 is 1.79 bits per heavy atom. The molecule has 0 aromatic heterocycles. The maximum Gasteiger partial charge on any atom is 0.416 e. The predicted octanol–water partition coefficient (Wildman–Crippen LogP) is 4.78.